The zero-order valence-corrected chi connectivity index (χ0v) is 13.9. The van der Waals surface area contributed by atoms with Crippen molar-refractivity contribution < 1.29 is 14.7 Å². The molecule has 0 aliphatic carbocycles. The molecule has 2 rings (SSSR count). The van der Waals surface area contributed by atoms with Gasteiger partial charge in [0.1, 0.15) is 5.25 Å². The van der Waals surface area contributed by atoms with Crippen LogP contribution in [0.15, 0.2) is 24.3 Å². The van der Waals surface area contributed by atoms with E-state index in [0.29, 0.717) is 12.5 Å². The van der Waals surface area contributed by atoms with Crippen LogP contribution in [-0.4, -0.2) is 40.7 Å². The van der Waals surface area contributed by atoms with Crippen LogP contribution in [0, 0.1) is 5.92 Å². The van der Waals surface area contributed by atoms with Crippen LogP contribution in [-0.2, 0) is 16.0 Å². The van der Waals surface area contributed by atoms with E-state index < -0.39 is 5.97 Å². The van der Waals surface area contributed by atoms with Crippen LogP contribution in [0.4, 0.5) is 0 Å². The Morgan fingerprint density at radius 1 is 1.36 bits per heavy atom. The van der Waals surface area contributed by atoms with Crippen LogP contribution in [0.1, 0.15) is 36.6 Å². The normalized spacial score (nSPS) is 17.1. The molecular formula is C17H23NO3S. The predicted molar refractivity (Wildman–Crippen MR) is 89.0 cm³/mol. The van der Waals surface area contributed by atoms with E-state index in [2.05, 4.69) is 6.07 Å². The topological polar surface area (TPSA) is 57.6 Å². The molecule has 22 heavy (non-hydrogen) atoms. The Bertz CT molecular complexity index is 544. The van der Waals surface area contributed by atoms with Gasteiger partial charge < -0.3 is 10.0 Å². The van der Waals surface area contributed by atoms with Crippen molar-refractivity contribution in [1.82, 2.24) is 4.90 Å². The van der Waals surface area contributed by atoms with Crippen molar-refractivity contribution in [3.8, 4) is 0 Å². The third kappa shape index (κ3) is 4.26. The van der Waals surface area contributed by atoms with Gasteiger partial charge in [0.25, 0.3) is 0 Å². The van der Waals surface area contributed by atoms with E-state index in [4.69, 9.17) is 5.11 Å². The van der Waals surface area contributed by atoms with Crippen molar-refractivity contribution >= 4 is 23.6 Å². The van der Waals surface area contributed by atoms with Crippen LogP contribution >= 0.6 is 11.8 Å². The van der Waals surface area contributed by atoms with Crippen molar-refractivity contribution in [1.29, 1.82) is 0 Å². The van der Waals surface area contributed by atoms with Gasteiger partial charge in [-0.15, -0.1) is 11.8 Å². The predicted octanol–water partition coefficient (Wildman–Crippen LogP) is 2.98. The summed E-state index contributed by atoms with van der Waals surface area (Å²) in [6.45, 7) is 4.98. The van der Waals surface area contributed by atoms with Gasteiger partial charge in [0.2, 0.25) is 5.91 Å². The summed E-state index contributed by atoms with van der Waals surface area (Å²) >= 11 is 1.67. The van der Waals surface area contributed by atoms with E-state index in [0.717, 1.165) is 17.7 Å². The molecule has 1 aromatic carbocycles. The SMILES string of the molecule is CC(C)CN(CCC(=O)O)C(=O)C1SCCc2ccccc21. The first-order chi connectivity index (χ1) is 10.5. The maximum Gasteiger partial charge on any atom is 0.305 e. The Labute approximate surface area is 135 Å². The minimum Gasteiger partial charge on any atom is -0.481 e. The summed E-state index contributed by atoms with van der Waals surface area (Å²) in [7, 11) is 0. The third-order valence-electron chi connectivity index (χ3n) is 3.71. The van der Waals surface area contributed by atoms with E-state index in [1.807, 2.05) is 32.0 Å². The molecule has 1 amide bonds. The molecule has 0 fully saturated rings. The lowest BCUT2D eigenvalue weighted by Crippen LogP contribution is -2.39. The molecule has 120 valence electrons. The highest BCUT2D eigenvalue weighted by atomic mass is 32.2. The number of aliphatic carboxylic acids is 1. The molecule has 1 aliphatic heterocycles. The number of rotatable bonds is 6. The van der Waals surface area contributed by atoms with Crippen LogP contribution in [0.2, 0.25) is 0 Å². The van der Waals surface area contributed by atoms with Gasteiger partial charge in [-0.1, -0.05) is 38.1 Å². The number of carbonyl (C=O) groups is 2. The van der Waals surface area contributed by atoms with E-state index in [1.165, 1.54) is 5.56 Å². The molecule has 0 aromatic heterocycles. The molecule has 4 nitrogen and oxygen atoms in total. The minimum absolute atomic E-state index is 0.00249. The fraction of sp³-hybridized carbons (Fsp3) is 0.529. The summed E-state index contributed by atoms with van der Waals surface area (Å²) in [6.07, 6.45) is 0.988. The number of carboxylic acids is 1. The van der Waals surface area contributed by atoms with E-state index >= 15 is 0 Å². The maximum atomic E-state index is 12.9. The quantitative estimate of drug-likeness (QED) is 0.875. The second kappa shape index (κ2) is 7.68. The number of amides is 1. The summed E-state index contributed by atoms with van der Waals surface area (Å²) in [6, 6.07) is 8.08. The average Bonchev–Trinajstić information content (AvgIpc) is 2.49. The first-order valence-electron chi connectivity index (χ1n) is 7.69. The lowest BCUT2D eigenvalue weighted by atomic mass is 10.0. The number of nitrogens with zero attached hydrogens (tertiary/aromatic N) is 1. The Morgan fingerprint density at radius 3 is 2.77 bits per heavy atom. The number of carboxylic acid groups (broad SMARTS) is 1. The van der Waals surface area contributed by atoms with E-state index in [1.54, 1.807) is 16.7 Å². The zero-order chi connectivity index (χ0) is 16.1. The molecule has 0 radical (unpaired) electrons. The van der Waals surface area contributed by atoms with Crippen molar-refractivity contribution in [3.05, 3.63) is 35.4 Å². The minimum atomic E-state index is -0.863. The van der Waals surface area contributed by atoms with E-state index in [-0.39, 0.29) is 24.1 Å². The van der Waals surface area contributed by atoms with Gasteiger partial charge in [0, 0.05) is 13.1 Å². The molecule has 0 saturated carbocycles. The lowest BCUT2D eigenvalue weighted by Gasteiger charge is -2.31. The Kier molecular flexibility index (Phi) is 5.89. The molecule has 1 atom stereocenters. The lowest BCUT2D eigenvalue weighted by molar-refractivity contribution is -0.138. The Balaban J connectivity index is 2.17. The van der Waals surface area contributed by atoms with Gasteiger partial charge in [-0.3, -0.25) is 9.59 Å². The van der Waals surface area contributed by atoms with Gasteiger partial charge >= 0.3 is 5.97 Å². The number of aryl methyl sites for hydroxylation is 1. The molecule has 1 aromatic rings. The van der Waals surface area contributed by atoms with Gasteiger partial charge in [0.15, 0.2) is 0 Å². The van der Waals surface area contributed by atoms with Gasteiger partial charge in [-0.2, -0.15) is 0 Å². The number of thioether (sulfide) groups is 1. The molecule has 5 heteroatoms. The molecule has 0 spiro atoms. The first kappa shape index (κ1) is 16.9. The monoisotopic (exact) mass is 321 g/mol. The highest BCUT2D eigenvalue weighted by Crippen LogP contribution is 2.38. The summed E-state index contributed by atoms with van der Waals surface area (Å²) in [5, 5.41) is 8.71. The van der Waals surface area contributed by atoms with Crippen molar-refractivity contribution in [2.75, 3.05) is 18.8 Å². The Hall–Kier alpha value is -1.49. The molecular weight excluding hydrogens is 298 g/mol. The van der Waals surface area contributed by atoms with Crippen LogP contribution < -0.4 is 0 Å². The molecule has 1 unspecified atom stereocenters. The summed E-state index contributed by atoms with van der Waals surface area (Å²) in [5.74, 6) is 0.439. The molecule has 1 aliphatic rings. The largest absolute Gasteiger partial charge is 0.481 e. The fourth-order valence-electron chi connectivity index (χ4n) is 2.73. The molecule has 0 bridgehead atoms. The third-order valence-corrected chi connectivity index (χ3v) is 4.94. The highest BCUT2D eigenvalue weighted by Gasteiger charge is 2.30. The summed E-state index contributed by atoms with van der Waals surface area (Å²) in [4.78, 5) is 25.5. The number of fused-ring (bicyclic) bond motifs is 1. The second-order valence-corrected chi connectivity index (χ2v) is 7.23. The second-order valence-electron chi connectivity index (χ2n) is 6.02. The van der Waals surface area contributed by atoms with Crippen molar-refractivity contribution in [2.24, 2.45) is 5.92 Å². The Morgan fingerprint density at radius 2 is 2.09 bits per heavy atom. The standard InChI is InChI=1S/C17H23NO3S/c1-12(2)11-18(9-7-15(19)20)17(21)16-14-6-4-3-5-13(14)8-10-22-16/h3-6,12,16H,7-11H2,1-2H3,(H,19,20). The average molecular weight is 321 g/mol. The zero-order valence-electron chi connectivity index (χ0n) is 13.1. The van der Waals surface area contributed by atoms with Crippen LogP contribution in [0.5, 0.6) is 0 Å². The maximum absolute atomic E-state index is 12.9. The summed E-state index contributed by atoms with van der Waals surface area (Å²) in [5.41, 5.74) is 2.33. The molecule has 1 heterocycles. The fourth-order valence-corrected chi connectivity index (χ4v) is 4.00. The number of hydrogen-bond acceptors (Lipinski definition) is 3. The number of carbonyl (C=O) groups excluding carboxylic acids is 1. The molecule has 0 saturated heterocycles. The van der Waals surface area contributed by atoms with Crippen LogP contribution in [0.25, 0.3) is 0 Å². The number of hydrogen-bond donors (Lipinski definition) is 1. The van der Waals surface area contributed by atoms with Gasteiger partial charge in [0.05, 0.1) is 6.42 Å². The first-order valence-corrected chi connectivity index (χ1v) is 8.74. The number of benzene rings is 1. The van der Waals surface area contributed by atoms with E-state index in [9.17, 15) is 9.59 Å². The summed E-state index contributed by atoms with van der Waals surface area (Å²) < 4.78 is 0. The molecule has 1 N–H and O–H groups in total. The van der Waals surface area contributed by atoms with Crippen molar-refractivity contribution in [3.63, 3.8) is 0 Å². The van der Waals surface area contributed by atoms with Crippen molar-refractivity contribution in [2.45, 2.75) is 31.9 Å². The highest BCUT2D eigenvalue weighted by molar-refractivity contribution is 8.00. The van der Waals surface area contributed by atoms with Gasteiger partial charge in [-0.25, -0.2) is 0 Å². The van der Waals surface area contributed by atoms with Gasteiger partial charge in [-0.05, 0) is 29.2 Å². The smallest absolute Gasteiger partial charge is 0.305 e. The van der Waals surface area contributed by atoms with Crippen LogP contribution in [0.3, 0.4) is 0 Å².